The van der Waals surface area contributed by atoms with Crippen LogP contribution in [0.5, 0.6) is 0 Å². The highest BCUT2D eigenvalue weighted by molar-refractivity contribution is 7.14. The molecule has 2 heterocycles. The predicted molar refractivity (Wildman–Crippen MR) is 166 cm³/mol. The number of amides is 3. The van der Waals surface area contributed by atoms with Crippen molar-refractivity contribution in [3.05, 3.63) is 108 Å². The number of nitrogens with one attached hydrogen (secondary N) is 3. The van der Waals surface area contributed by atoms with Crippen molar-refractivity contribution >= 4 is 28.4 Å². The minimum Gasteiger partial charge on any atom is -0.352 e. The third-order valence-corrected chi connectivity index (χ3v) is 8.19. The van der Waals surface area contributed by atoms with E-state index in [0.717, 1.165) is 43.6 Å². The van der Waals surface area contributed by atoms with Gasteiger partial charge in [0.25, 0.3) is 0 Å². The molecule has 3 amide bonds. The van der Waals surface area contributed by atoms with Gasteiger partial charge in [0.2, 0.25) is 5.91 Å². The lowest BCUT2D eigenvalue weighted by molar-refractivity contribution is -0.122. The molecule has 4 aromatic rings. The highest BCUT2D eigenvalue weighted by Crippen LogP contribution is 2.29. The second-order valence-electron chi connectivity index (χ2n) is 10.3. The first-order valence-electron chi connectivity index (χ1n) is 14.3. The van der Waals surface area contributed by atoms with Crippen LogP contribution in [0.3, 0.4) is 0 Å². The van der Waals surface area contributed by atoms with Gasteiger partial charge in [-0.2, -0.15) is 0 Å². The van der Waals surface area contributed by atoms with Gasteiger partial charge in [0.05, 0.1) is 5.69 Å². The number of carbonyl (C=O) groups is 2. The number of aromatic nitrogens is 1. The fourth-order valence-electron chi connectivity index (χ4n) is 5.25. The summed E-state index contributed by atoms with van der Waals surface area (Å²) in [4.78, 5) is 32.8. The zero-order valence-electron chi connectivity index (χ0n) is 23.2. The molecular formula is C33H37N5O2S. The summed E-state index contributed by atoms with van der Waals surface area (Å²) in [6.45, 7) is 2.60. The number of nitrogens with zero attached hydrogens (tertiary/aromatic N) is 2. The van der Waals surface area contributed by atoms with Gasteiger partial charge in [0, 0.05) is 49.0 Å². The summed E-state index contributed by atoms with van der Waals surface area (Å²) in [6.07, 6.45) is 3.01. The summed E-state index contributed by atoms with van der Waals surface area (Å²) in [7, 11) is 0. The van der Waals surface area contributed by atoms with Crippen molar-refractivity contribution in [3.63, 3.8) is 0 Å². The molecule has 212 valence electrons. The number of benzene rings is 3. The Kier molecular flexibility index (Phi) is 10.1. The van der Waals surface area contributed by atoms with Gasteiger partial charge in [-0.1, -0.05) is 91.0 Å². The van der Waals surface area contributed by atoms with Gasteiger partial charge in [0.1, 0.15) is 0 Å². The standard InChI is InChI=1S/C33H37N5O2S/c39-31(35-28-17-10-20-34-23-28)19-22-38(33(40)37-32-36-30(24-41-32)27-15-8-3-9-16-27)21-18-29(25-11-4-1-5-12-25)26-13-6-2-7-14-26/h1-9,11-16,24,28-29,34H,10,17-23H2,(H,35,39)(H,36,37,40)/t28-/m1/s1. The molecule has 7 nitrogen and oxygen atoms in total. The van der Waals surface area contributed by atoms with Crippen molar-refractivity contribution in [2.45, 2.75) is 37.6 Å². The minimum absolute atomic E-state index is 0.0280. The number of urea groups is 1. The first-order valence-corrected chi connectivity index (χ1v) is 15.2. The summed E-state index contributed by atoms with van der Waals surface area (Å²) in [5.41, 5.74) is 4.23. The number of hydrogen-bond acceptors (Lipinski definition) is 5. The Morgan fingerprint density at radius 3 is 2.22 bits per heavy atom. The third kappa shape index (κ3) is 8.25. The highest BCUT2D eigenvalue weighted by atomic mass is 32.1. The Morgan fingerprint density at radius 1 is 0.927 bits per heavy atom. The molecule has 0 spiro atoms. The molecule has 0 unspecified atom stereocenters. The predicted octanol–water partition coefficient (Wildman–Crippen LogP) is 6.12. The first-order chi connectivity index (χ1) is 20.2. The van der Waals surface area contributed by atoms with Gasteiger partial charge >= 0.3 is 6.03 Å². The zero-order valence-corrected chi connectivity index (χ0v) is 24.0. The van der Waals surface area contributed by atoms with Crippen molar-refractivity contribution in [2.75, 3.05) is 31.5 Å². The van der Waals surface area contributed by atoms with Crippen LogP contribution in [0.1, 0.15) is 42.7 Å². The Morgan fingerprint density at radius 2 is 1.59 bits per heavy atom. The van der Waals surface area contributed by atoms with Crippen LogP contribution in [-0.4, -0.2) is 54.0 Å². The lowest BCUT2D eigenvalue weighted by atomic mass is 9.88. The monoisotopic (exact) mass is 567 g/mol. The molecular weight excluding hydrogens is 530 g/mol. The van der Waals surface area contributed by atoms with Crippen LogP contribution in [0.25, 0.3) is 11.3 Å². The second kappa shape index (κ2) is 14.6. The number of rotatable bonds is 11. The maximum absolute atomic E-state index is 13.6. The van der Waals surface area contributed by atoms with Crippen molar-refractivity contribution in [1.29, 1.82) is 0 Å². The molecule has 1 aromatic heterocycles. The van der Waals surface area contributed by atoms with Crippen LogP contribution in [0.2, 0.25) is 0 Å². The SMILES string of the molecule is O=C(CCN(CCC(c1ccccc1)c1ccccc1)C(=O)Nc1nc(-c2ccccc2)cs1)N[C@@H]1CCCNC1. The molecule has 41 heavy (non-hydrogen) atoms. The van der Waals surface area contributed by atoms with E-state index in [-0.39, 0.29) is 30.3 Å². The number of piperidine rings is 1. The minimum atomic E-state index is -0.244. The molecule has 1 aliphatic heterocycles. The largest absolute Gasteiger partial charge is 0.352 e. The molecule has 1 saturated heterocycles. The highest BCUT2D eigenvalue weighted by Gasteiger charge is 2.22. The average Bonchev–Trinajstić information content (AvgIpc) is 3.49. The molecule has 0 saturated carbocycles. The Labute approximate surface area is 246 Å². The number of hydrogen-bond donors (Lipinski definition) is 3. The zero-order chi connectivity index (χ0) is 28.3. The van der Waals surface area contributed by atoms with Crippen molar-refractivity contribution < 1.29 is 9.59 Å². The Bertz CT molecular complexity index is 1340. The Hall–Kier alpha value is -4.01. The number of carbonyl (C=O) groups excluding carboxylic acids is 2. The van der Waals surface area contributed by atoms with Crippen molar-refractivity contribution in [2.24, 2.45) is 0 Å². The van der Waals surface area contributed by atoms with Gasteiger partial charge in [-0.15, -0.1) is 11.3 Å². The van der Waals surface area contributed by atoms with E-state index in [0.29, 0.717) is 18.2 Å². The van der Waals surface area contributed by atoms with E-state index in [1.807, 2.05) is 72.1 Å². The van der Waals surface area contributed by atoms with Crippen molar-refractivity contribution in [3.8, 4) is 11.3 Å². The third-order valence-electron chi connectivity index (χ3n) is 7.44. The molecule has 1 aliphatic rings. The van der Waals surface area contributed by atoms with Gasteiger partial charge in [-0.05, 0) is 36.9 Å². The lowest BCUT2D eigenvalue weighted by Crippen LogP contribution is -2.46. The van der Waals surface area contributed by atoms with Gasteiger partial charge in [-0.25, -0.2) is 9.78 Å². The van der Waals surface area contributed by atoms with E-state index >= 15 is 0 Å². The summed E-state index contributed by atoms with van der Waals surface area (Å²) < 4.78 is 0. The van der Waals surface area contributed by atoms with Crippen LogP contribution < -0.4 is 16.0 Å². The molecule has 1 atom stereocenters. The summed E-state index contributed by atoms with van der Waals surface area (Å²) in [5.74, 6) is 0.0965. The van der Waals surface area contributed by atoms with Crippen LogP contribution in [-0.2, 0) is 4.79 Å². The van der Waals surface area contributed by atoms with E-state index in [2.05, 4.69) is 45.2 Å². The summed E-state index contributed by atoms with van der Waals surface area (Å²) in [6, 6.07) is 30.6. The van der Waals surface area contributed by atoms with E-state index in [1.165, 1.54) is 22.5 Å². The quantitative estimate of drug-likeness (QED) is 0.204. The smallest absolute Gasteiger partial charge is 0.323 e. The van der Waals surface area contributed by atoms with E-state index in [9.17, 15) is 9.59 Å². The first kappa shape index (κ1) is 28.5. The fourth-order valence-corrected chi connectivity index (χ4v) is 5.96. The van der Waals surface area contributed by atoms with Crippen LogP contribution in [0, 0.1) is 0 Å². The number of thiazole rings is 1. The molecule has 0 bridgehead atoms. The maximum Gasteiger partial charge on any atom is 0.323 e. The van der Waals surface area contributed by atoms with E-state index in [1.54, 1.807) is 4.90 Å². The van der Waals surface area contributed by atoms with E-state index < -0.39 is 0 Å². The molecule has 5 rings (SSSR count). The molecule has 3 N–H and O–H groups in total. The van der Waals surface area contributed by atoms with Gasteiger partial charge in [-0.3, -0.25) is 10.1 Å². The Balaban J connectivity index is 1.29. The maximum atomic E-state index is 13.6. The summed E-state index contributed by atoms with van der Waals surface area (Å²) in [5, 5.41) is 11.9. The normalized spacial score (nSPS) is 14.9. The fraction of sp³-hybridized carbons (Fsp3) is 0.303. The van der Waals surface area contributed by atoms with Crippen molar-refractivity contribution in [1.82, 2.24) is 20.5 Å². The topological polar surface area (TPSA) is 86.4 Å². The lowest BCUT2D eigenvalue weighted by Gasteiger charge is -2.27. The molecule has 0 radical (unpaired) electrons. The van der Waals surface area contributed by atoms with Gasteiger partial charge in [0.15, 0.2) is 5.13 Å². The van der Waals surface area contributed by atoms with Crippen LogP contribution in [0.15, 0.2) is 96.4 Å². The molecule has 0 aliphatic carbocycles. The second-order valence-corrected chi connectivity index (χ2v) is 11.2. The molecule has 3 aromatic carbocycles. The molecule has 1 fully saturated rings. The van der Waals surface area contributed by atoms with Gasteiger partial charge < -0.3 is 15.5 Å². The van der Waals surface area contributed by atoms with E-state index in [4.69, 9.17) is 0 Å². The molecule has 8 heteroatoms. The van der Waals surface area contributed by atoms with Crippen LogP contribution >= 0.6 is 11.3 Å². The summed E-state index contributed by atoms with van der Waals surface area (Å²) >= 11 is 1.40. The average molecular weight is 568 g/mol. The van der Waals surface area contributed by atoms with Crippen LogP contribution in [0.4, 0.5) is 9.93 Å². The number of anilines is 1.